The van der Waals surface area contributed by atoms with Gasteiger partial charge < -0.3 is 15.3 Å². The Morgan fingerprint density at radius 2 is 1.89 bits per heavy atom. The van der Waals surface area contributed by atoms with E-state index in [4.69, 9.17) is 0 Å². The maximum absolute atomic E-state index is 15.4. The van der Waals surface area contributed by atoms with Gasteiger partial charge in [0.05, 0.1) is 22.5 Å². The third kappa shape index (κ3) is 3.80. The van der Waals surface area contributed by atoms with Gasteiger partial charge in [-0.1, -0.05) is 19.1 Å². The van der Waals surface area contributed by atoms with Crippen molar-refractivity contribution >= 4 is 28.3 Å². The van der Waals surface area contributed by atoms with Gasteiger partial charge in [0.2, 0.25) is 5.91 Å². The third-order valence-electron chi connectivity index (χ3n) is 7.32. The molecule has 0 saturated carbocycles. The largest absolute Gasteiger partial charge is 0.384 e. The lowest BCUT2D eigenvalue weighted by molar-refractivity contribution is -0.170. The maximum atomic E-state index is 15.4. The first-order valence-electron chi connectivity index (χ1n) is 11.9. The van der Waals surface area contributed by atoms with Gasteiger partial charge in [0.25, 0.3) is 0 Å². The molecule has 1 aliphatic heterocycles. The van der Waals surface area contributed by atoms with Crippen LogP contribution < -0.4 is 10.2 Å². The highest BCUT2D eigenvalue weighted by Crippen LogP contribution is 2.46. The average Bonchev–Trinajstić information content (AvgIpc) is 2.98. The summed E-state index contributed by atoms with van der Waals surface area (Å²) >= 11 is 0. The Labute approximate surface area is 208 Å². The summed E-state index contributed by atoms with van der Waals surface area (Å²) in [6, 6.07) is 6.74. The lowest BCUT2D eigenvalue weighted by atomic mass is 9.81. The Morgan fingerprint density at radius 1 is 1.22 bits per heavy atom. The highest BCUT2D eigenvalue weighted by atomic mass is 19.3. The molecule has 0 aliphatic carbocycles. The number of hydrogen-bond acceptors (Lipinski definition) is 5. The van der Waals surface area contributed by atoms with Gasteiger partial charge in [-0.2, -0.15) is 8.78 Å². The standard InChI is InChI=1S/C27H31F3N4O2/c1-8-26(6)19-12-17-20(13-21(19)34(7)24(26)35)32-15(3)33-23(17)31-14(2)16-10-9-11-18(22(16)28)27(29,30)25(4,5)36/h9-14,36H,8H2,1-7H3,(H,31,32,33)/t14-,26?/m1/s1. The van der Waals surface area contributed by atoms with Crippen LogP contribution in [-0.2, 0) is 16.1 Å². The van der Waals surface area contributed by atoms with Gasteiger partial charge in [-0.15, -0.1) is 0 Å². The first-order chi connectivity index (χ1) is 16.6. The van der Waals surface area contributed by atoms with Crippen molar-refractivity contribution in [2.75, 3.05) is 17.3 Å². The van der Waals surface area contributed by atoms with Crippen molar-refractivity contribution in [2.45, 2.75) is 70.9 Å². The molecule has 9 heteroatoms. The van der Waals surface area contributed by atoms with Crippen molar-refractivity contribution in [3.63, 3.8) is 0 Å². The lowest BCUT2D eigenvalue weighted by Crippen LogP contribution is -2.41. The summed E-state index contributed by atoms with van der Waals surface area (Å²) in [5.41, 5.74) is -1.76. The van der Waals surface area contributed by atoms with E-state index in [9.17, 15) is 18.7 Å². The molecule has 1 amide bonds. The number of alkyl halides is 2. The monoisotopic (exact) mass is 500 g/mol. The number of amides is 1. The molecule has 0 spiro atoms. The SMILES string of the molecule is CCC1(C)C(=O)N(C)c2cc3nc(C)nc(N[C@H](C)c4cccc(C(F)(F)C(C)(C)O)c4F)c3cc21. The minimum atomic E-state index is -3.80. The summed E-state index contributed by atoms with van der Waals surface area (Å²) in [6.45, 7) is 9.12. The van der Waals surface area contributed by atoms with E-state index in [0.717, 1.165) is 31.2 Å². The normalized spacial score (nSPS) is 19.1. The molecule has 0 radical (unpaired) electrons. The minimum Gasteiger partial charge on any atom is -0.384 e. The Morgan fingerprint density at radius 3 is 2.50 bits per heavy atom. The fourth-order valence-electron chi connectivity index (χ4n) is 4.79. The lowest BCUT2D eigenvalue weighted by Gasteiger charge is -2.30. The highest BCUT2D eigenvalue weighted by molar-refractivity contribution is 6.10. The van der Waals surface area contributed by atoms with Crippen molar-refractivity contribution in [2.24, 2.45) is 0 Å². The molecule has 0 fully saturated rings. The van der Waals surface area contributed by atoms with Gasteiger partial charge in [-0.05, 0) is 64.8 Å². The van der Waals surface area contributed by atoms with Crippen LogP contribution in [-0.4, -0.2) is 33.6 Å². The zero-order valence-electron chi connectivity index (χ0n) is 21.5. The molecule has 6 nitrogen and oxygen atoms in total. The van der Waals surface area contributed by atoms with Crippen LogP contribution in [0.3, 0.4) is 0 Å². The number of aryl methyl sites for hydroxylation is 1. The first-order valence-corrected chi connectivity index (χ1v) is 11.9. The summed E-state index contributed by atoms with van der Waals surface area (Å²) in [7, 11) is 1.74. The maximum Gasteiger partial charge on any atom is 0.303 e. The number of aliphatic hydroxyl groups is 1. The predicted octanol–water partition coefficient (Wildman–Crippen LogP) is 5.76. The van der Waals surface area contributed by atoms with E-state index in [2.05, 4.69) is 15.3 Å². The Bertz CT molecular complexity index is 1370. The average molecular weight is 501 g/mol. The molecule has 1 aromatic heterocycles. The molecule has 1 aliphatic rings. The van der Waals surface area contributed by atoms with Crippen LogP contribution in [0.5, 0.6) is 0 Å². The summed E-state index contributed by atoms with van der Waals surface area (Å²) < 4.78 is 44.9. The van der Waals surface area contributed by atoms with Crippen LogP contribution in [0, 0.1) is 12.7 Å². The topological polar surface area (TPSA) is 78.4 Å². The number of rotatable bonds is 6. The van der Waals surface area contributed by atoms with Crippen LogP contribution in [0.15, 0.2) is 30.3 Å². The second-order valence-corrected chi connectivity index (χ2v) is 10.3. The quantitative estimate of drug-likeness (QED) is 0.450. The molecule has 2 atom stereocenters. The third-order valence-corrected chi connectivity index (χ3v) is 7.32. The molecule has 4 rings (SSSR count). The number of hydrogen-bond donors (Lipinski definition) is 2. The molecule has 0 bridgehead atoms. The number of fused-ring (bicyclic) bond motifs is 2. The van der Waals surface area contributed by atoms with Gasteiger partial charge in [0.15, 0.2) is 0 Å². The number of likely N-dealkylation sites (N-methyl/N-ethyl adjacent to an activating group) is 1. The van der Waals surface area contributed by atoms with Crippen molar-refractivity contribution in [1.29, 1.82) is 0 Å². The van der Waals surface area contributed by atoms with E-state index in [1.54, 1.807) is 25.8 Å². The van der Waals surface area contributed by atoms with Crippen LogP contribution in [0.2, 0.25) is 0 Å². The number of benzene rings is 2. The van der Waals surface area contributed by atoms with Gasteiger partial charge in [-0.3, -0.25) is 4.79 Å². The Balaban J connectivity index is 1.81. The molecule has 36 heavy (non-hydrogen) atoms. The van der Waals surface area contributed by atoms with E-state index in [1.807, 2.05) is 26.0 Å². The van der Waals surface area contributed by atoms with Crippen molar-refractivity contribution in [3.8, 4) is 0 Å². The Hall–Kier alpha value is -3.20. The number of nitrogens with zero attached hydrogens (tertiary/aromatic N) is 3. The smallest absolute Gasteiger partial charge is 0.303 e. The number of carbonyl (C=O) groups excluding carboxylic acids is 1. The molecular formula is C27H31F3N4O2. The van der Waals surface area contributed by atoms with Crippen LogP contribution in [0.25, 0.3) is 10.9 Å². The number of carbonyl (C=O) groups is 1. The fourth-order valence-corrected chi connectivity index (χ4v) is 4.79. The minimum absolute atomic E-state index is 0.00511. The van der Waals surface area contributed by atoms with Gasteiger partial charge in [-0.25, -0.2) is 14.4 Å². The molecular weight excluding hydrogens is 469 g/mol. The van der Waals surface area contributed by atoms with Gasteiger partial charge in [0, 0.05) is 23.7 Å². The van der Waals surface area contributed by atoms with E-state index in [1.165, 1.54) is 12.1 Å². The second kappa shape index (κ2) is 8.44. The number of halogens is 3. The number of aromatic nitrogens is 2. The second-order valence-electron chi connectivity index (χ2n) is 10.3. The van der Waals surface area contributed by atoms with E-state index >= 15 is 4.39 Å². The van der Waals surface area contributed by atoms with Crippen LogP contribution in [0.1, 0.15) is 69.6 Å². The molecule has 2 aromatic carbocycles. The van der Waals surface area contributed by atoms with E-state index in [-0.39, 0.29) is 11.5 Å². The molecule has 192 valence electrons. The van der Waals surface area contributed by atoms with E-state index < -0.39 is 34.4 Å². The first kappa shape index (κ1) is 25.9. The van der Waals surface area contributed by atoms with Gasteiger partial charge in [0.1, 0.15) is 23.1 Å². The summed E-state index contributed by atoms with van der Waals surface area (Å²) in [5, 5.41) is 13.7. The summed E-state index contributed by atoms with van der Waals surface area (Å²) in [4.78, 5) is 23.7. The molecule has 2 N–H and O–H groups in total. The summed E-state index contributed by atoms with van der Waals surface area (Å²) in [5.74, 6) is -4.02. The van der Waals surface area contributed by atoms with Crippen LogP contribution in [0.4, 0.5) is 24.7 Å². The molecule has 1 unspecified atom stereocenters. The molecule has 3 aromatic rings. The van der Waals surface area contributed by atoms with Crippen molar-refractivity contribution < 1.29 is 23.1 Å². The number of anilines is 2. The predicted molar refractivity (Wildman–Crippen MR) is 134 cm³/mol. The molecule has 0 saturated heterocycles. The zero-order valence-corrected chi connectivity index (χ0v) is 21.5. The zero-order chi connectivity index (χ0) is 26.8. The number of nitrogens with one attached hydrogen (secondary N) is 1. The van der Waals surface area contributed by atoms with Gasteiger partial charge >= 0.3 is 5.92 Å². The van der Waals surface area contributed by atoms with Crippen LogP contribution >= 0.6 is 0 Å². The summed E-state index contributed by atoms with van der Waals surface area (Å²) in [6.07, 6.45) is 0.605. The van der Waals surface area contributed by atoms with Crippen molar-refractivity contribution in [3.05, 3.63) is 58.7 Å². The fraction of sp³-hybridized carbons (Fsp3) is 0.444. The Kier molecular flexibility index (Phi) is 6.06. The van der Waals surface area contributed by atoms with E-state index in [0.29, 0.717) is 29.0 Å². The van der Waals surface area contributed by atoms with Crippen molar-refractivity contribution in [1.82, 2.24) is 9.97 Å². The molecule has 2 heterocycles. The highest BCUT2D eigenvalue weighted by Gasteiger charge is 2.49.